The monoisotopic (exact) mass is 393 g/mol. The summed E-state index contributed by atoms with van der Waals surface area (Å²) in [6.07, 6.45) is 4.89. The Morgan fingerprint density at radius 1 is 1.26 bits per heavy atom. The van der Waals surface area contributed by atoms with Crippen LogP contribution in [0.25, 0.3) is 20.8 Å². The van der Waals surface area contributed by atoms with E-state index in [1.165, 1.54) is 10.4 Å². The highest BCUT2D eigenvalue weighted by Gasteiger charge is 2.23. The second kappa shape index (κ2) is 6.69. The van der Waals surface area contributed by atoms with Gasteiger partial charge in [-0.05, 0) is 30.7 Å². The van der Waals surface area contributed by atoms with Gasteiger partial charge in [0.1, 0.15) is 9.84 Å². The average Bonchev–Trinajstić information content (AvgIpc) is 3.29. The maximum absolute atomic E-state index is 13.1. The zero-order valence-corrected chi connectivity index (χ0v) is 16.6. The lowest BCUT2D eigenvalue weighted by molar-refractivity contribution is 0.509. The van der Waals surface area contributed by atoms with Gasteiger partial charge in [0.2, 0.25) is 0 Å². The number of rotatable bonds is 3. The minimum absolute atomic E-state index is 0.0707. The zero-order chi connectivity index (χ0) is 18.4. The van der Waals surface area contributed by atoms with Crippen LogP contribution in [0.2, 0.25) is 0 Å². The topological polar surface area (TPSA) is 47.8 Å². The van der Waals surface area contributed by atoms with E-state index in [1.807, 2.05) is 23.6 Å². The van der Waals surface area contributed by atoms with Crippen LogP contribution in [0.3, 0.4) is 0 Å². The Hall–Kier alpha value is -2.31. The molecule has 1 aromatic carbocycles. The number of aromatic nitrogens is 3. The Labute approximate surface area is 165 Å². The number of benzene rings is 1. The molecular weight excluding hydrogens is 374 g/mol. The molecule has 0 saturated heterocycles. The van der Waals surface area contributed by atoms with Gasteiger partial charge in [-0.1, -0.05) is 37.3 Å². The average molecular weight is 394 g/mol. The van der Waals surface area contributed by atoms with Crippen LogP contribution >= 0.6 is 22.7 Å². The van der Waals surface area contributed by atoms with E-state index in [0.717, 1.165) is 45.7 Å². The number of fused-ring (bicyclic) bond motifs is 3. The van der Waals surface area contributed by atoms with Gasteiger partial charge in [0, 0.05) is 15.8 Å². The third-order valence-corrected chi connectivity index (χ3v) is 7.29. The molecule has 5 rings (SSSR count). The summed E-state index contributed by atoms with van der Waals surface area (Å²) in [5, 5.41) is 3.85. The lowest BCUT2D eigenvalue weighted by Crippen LogP contribution is -2.22. The maximum Gasteiger partial charge on any atom is 0.262 e. The molecular formula is C21H19N3OS2. The van der Waals surface area contributed by atoms with E-state index in [2.05, 4.69) is 24.0 Å². The van der Waals surface area contributed by atoms with Crippen molar-refractivity contribution in [1.29, 1.82) is 0 Å². The molecule has 0 fully saturated rings. The van der Waals surface area contributed by atoms with Crippen molar-refractivity contribution in [2.24, 2.45) is 5.92 Å². The lowest BCUT2D eigenvalue weighted by atomic mass is 9.89. The highest BCUT2D eigenvalue weighted by molar-refractivity contribution is 7.18. The van der Waals surface area contributed by atoms with Crippen molar-refractivity contribution in [2.45, 2.75) is 32.7 Å². The normalized spacial score (nSPS) is 16.6. The molecule has 4 aromatic rings. The summed E-state index contributed by atoms with van der Waals surface area (Å²) in [5.74, 6) is 0.694. The van der Waals surface area contributed by atoms with Gasteiger partial charge in [-0.15, -0.1) is 22.7 Å². The number of thiazole rings is 1. The Bertz CT molecular complexity index is 1170. The van der Waals surface area contributed by atoms with Crippen LogP contribution in [0.4, 0.5) is 0 Å². The first-order valence-corrected chi connectivity index (χ1v) is 10.9. The van der Waals surface area contributed by atoms with Crippen LogP contribution < -0.4 is 5.56 Å². The molecule has 4 nitrogen and oxygen atoms in total. The van der Waals surface area contributed by atoms with Crippen molar-refractivity contribution in [3.05, 3.63) is 68.5 Å². The molecule has 0 radical (unpaired) electrons. The molecule has 0 saturated carbocycles. The number of hydrogen-bond acceptors (Lipinski definition) is 5. The van der Waals surface area contributed by atoms with Crippen LogP contribution in [0.15, 0.2) is 46.8 Å². The molecule has 0 bridgehead atoms. The Balaban J connectivity index is 1.50. The number of aryl methyl sites for hydroxylation is 1. The quantitative estimate of drug-likeness (QED) is 0.504. The summed E-state index contributed by atoms with van der Waals surface area (Å²) in [4.78, 5) is 24.7. The highest BCUT2D eigenvalue weighted by atomic mass is 32.1. The van der Waals surface area contributed by atoms with E-state index in [0.29, 0.717) is 12.5 Å². The second-order valence-electron chi connectivity index (χ2n) is 7.22. The smallest absolute Gasteiger partial charge is 0.262 e. The van der Waals surface area contributed by atoms with Crippen molar-refractivity contribution < 1.29 is 0 Å². The van der Waals surface area contributed by atoms with Gasteiger partial charge < -0.3 is 0 Å². The molecule has 136 valence electrons. The SMILES string of the molecule is C[C@@H]1CCc2c(sc3ncn(Cc4csc(-c5ccccc5)n4)c(=O)c23)C1. The van der Waals surface area contributed by atoms with Crippen molar-refractivity contribution in [3.8, 4) is 10.6 Å². The molecule has 3 heterocycles. The first-order chi connectivity index (χ1) is 13.2. The van der Waals surface area contributed by atoms with E-state index < -0.39 is 0 Å². The predicted octanol–water partition coefficient (Wildman–Crippen LogP) is 4.75. The molecule has 0 N–H and O–H groups in total. The fourth-order valence-corrected chi connectivity index (χ4v) is 5.90. The molecule has 1 atom stereocenters. The summed E-state index contributed by atoms with van der Waals surface area (Å²) in [5.41, 5.74) is 3.32. The van der Waals surface area contributed by atoms with Gasteiger partial charge >= 0.3 is 0 Å². The Kier molecular flexibility index (Phi) is 4.17. The van der Waals surface area contributed by atoms with Crippen LogP contribution in [0, 0.1) is 5.92 Å². The van der Waals surface area contributed by atoms with Gasteiger partial charge in [0.05, 0.1) is 24.0 Å². The summed E-state index contributed by atoms with van der Waals surface area (Å²) in [7, 11) is 0. The Morgan fingerprint density at radius 2 is 2.11 bits per heavy atom. The van der Waals surface area contributed by atoms with Crippen molar-refractivity contribution in [3.63, 3.8) is 0 Å². The van der Waals surface area contributed by atoms with Gasteiger partial charge in [-0.25, -0.2) is 9.97 Å². The molecule has 0 spiro atoms. The fourth-order valence-electron chi connectivity index (χ4n) is 3.75. The molecule has 0 amide bonds. The summed E-state index contributed by atoms with van der Waals surface area (Å²) >= 11 is 3.31. The van der Waals surface area contributed by atoms with Crippen LogP contribution in [-0.2, 0) is 19.4 Å². The van der Waals surface area contributed by atoms with E-state index in [1.54, 1.807) is 33.6 Å². The molecule has 1 aliphatic carbocycles. The molecule has 27 heavy (non-hydrogen) atoms. The standard InChI is InChI=1S/C21H19N3OS2/c1-13-7-8-16-17(9-13)27-20-18(16)21(25)24(12-22-20)10-15-11-26-19(23-15)14-5-3-2-4-6-14/h2-6,11-13H,7-10H2,1H3/t13-/m1/s1. The minimum Gasteiger partial charge on any atom is -0.293 e. The molecule has 0 unspecified atom stereocenters. The minimum atomic E-state index is 0.0707. The van der Waals surface area contributed by atoms with Crippen molar-refractivity contribution >= 4 is 32.9 Å². The van der Waals surface area contributed by atoms with E-state index in [-0.39, 0.29) is 5.56 Å². The van der Waals surface area contributed by atoms with Crippen molar-refractivity contribution in [2.75, 3.05) is 0 Å². The van der Waals surface area contributed by atoms with Crippen LogP contribution in [0.1, 0.15) is 29.5 Å². The fraction of sp³-hybridized carbons (Fsp3) is 0.286. The second-order valence-corrected chi connectivity index (χ2v) is 9.16. The number of nitrogens with zero attached hydrogens (tertiary/aromatic N) is 3. The zero-order valence-electron chi connectivity index (χ0n) is 15.0. The van der Waals surface area contributed by atoms with Crippen LogP contribution in [0.5, 0.6) is 0 Å². The predicted molar refractivity (Wildman–Crippen MR) is 112 cm³/mol. The summed E-state index contributed by atoms with van der Waals surface area (Å²) < 4.78 is 1.71. The summed E-state index contributed by atoms with van der Waals surface area (Å²) in [6.45, 7) is 2.75. The molecule has 1 aliphatic rings. The van der Waals surface area contributed by atoms with Gasteiger partial charge in [-0.3, -0.25) is 9.36 Å². The molecule has 0 aliphatic heterocycles. The molecule has 6 heteroatoms. The largest absolute Gasteiger partial charge is 0.293 e. The van der Waals surface area contributed by atoms with Gasteiger partial charge in [0.25, 0.3) is 5.56 Å². The number of hydrogen-bond donors (Lipinski definition) is 0. The Morgan fingerprint density at radius 3 is 2.96 bits per heavy atom. The van der Waals surface area contributed by atoms with Gasteiger partial charge in [0.15, 0.2) is 0 Å². The van der Waals surface area contributed by atoms with E-state index >= 15 is 0 Å². The third kappa shape index (κ3) is 3.03. The first kappa shape index (κ1) is 16.8. The number of thiophene rings is 1. The lowest BCUT2D eigenvalue weighted by Gasteiger charge is -2.17. The van der Waals surface area contributed by atoms with E-state index in [9.17, 15) is 4.79 Å². The van der Waals surface area contributed by atoms with Crippen molar-refractivity contribution in [1.82, 2.24) is 14.5 Å². The van der Waals surface area contributed by atoms with Crippen LogP contribution in [-0.4, -0.2) is 14.5 Å². The maximum atomic E-state index is 13.1. The third-order valence-electron chi connectivity index (χ3n) is 5.19. The van der Waals surface area contributed by atoms with Gasteiger partial charge in [-0.2, -0.15) is 0 Å². The van der Waals surface area contributed by atoms with E-state index in [4.69, 9.17) is 4.98 Å². The highest BCUT2D eigenvalue weighted by Crippen LogP contribution is 2.35. The first-order valence-electron chi connectivity index (χ1n) is 9.18. The molecule has 3 aromatic heterocycles. The summed E-state index contributed by atoms with van der Waals surface area (Å²) in [6, 6.07) is 10.1.